The molecule has 7 heteroatoms. The number of carbonyl (C=O) groups is 2. The number of rotatable bonds is 3. The third-order valence-electron chi connectivity index (χ3n) is 3.11. The predicted molar refractivity (Wildman–Crippen MR) is 75.5 cm³/mol. The van der Waals surface area contributed by atoms with E-state index in [0.717, 1.165) is 0 Å². The number of halogens is 1. The van der Waals surface area contributed by atoms with E-state index in [1.54, 1.807) is 41.5 Å². The van der Waals surface area contributed by atoms with Gasteiger partial charge < -0.3 is 19.3 Å². The van der Waals surface area contributed by atoms with Gasteiger partial charge in [-0.1, -0.05) is 0 Å². The maximum atomic E-state index is 13.9. The van der Waals surface area contributed by atoms with Crippen molar-refractivity contribution in [3.05, 3.63) is 0 Å². The van der Waals surface area contributed by atoms with E-state index in [1.165, 1.54) is 0 Å². The number of alkyl halides is 1. The van der Waals surface area contributed by atoms with Crippen LogP contribution in [0.2, 0.25) is 0 Å². The second-order valence-corrected chi connectivity index (χ2v) is 7.48. The minimum atomic E-state index is -1.88. The normalized spacial score (nSPS) is 29.3. The van der Waals surface area contributed by atoms with Gasteiger partial charge in [0, 0.05) is 0 Å². The lowest BCUT2D eigenvalue weighted by Gasteiger charge is -2.25. The molecule has 22 heavy (non-hydrogen) atoms. The molecule has 0 aromatic rings. The molecule has 0 spiro atoms. The van der Waals surface area contributed by atoms with E-state index < -0.39 is 47.4 Å². The molecule has 4 atom stereocenters. The van der Waals surface area contributed by atoms with Gasteiger partial charge in [-0.3, -0.25) is 9.59 Å². The highest BCUT2D eigenvalue weighted by Crippen LogP contribution is 2.29. The lowest BCUT2D eigenvalue weighted by molar-refractivity contribution is -0.170. The van der Waals surface area contributed by atoms with Crippen molar-refractivity contribution in [3.8, 4) is 0 Å². The van der Waals surface area contributed by atoms with Gasteiger partial charge in [0.15, 0.2) is 18.6 Å². The van der Waals surface area contributed by atoms with Gasteiger partial charge in [0.05, 0.1) is 10.8 Å². The van der Waals surface area contributed by atoms with Gasteiger partial charge in [0.1, 0.15) is 12.7 Å². The Kier molecular flexibility index (Phi) is 5.56. The molecule has 1 aliphatic rings. The van der Waals surface area contributed by atoms with Crippen LogP contribution >= 0.6 is 0 Å². The third kappa shape index (κ3) is 4.64. The predicted octanol–water partition coefficient (Wildman–Crippen LogP) is 1.59. The Bertz CT molecular complexity index is 423. The Labute approximate surface area is 129 Å². The molecule has 1 rings (SSSR count). The molecule has 1 heterocycles. The summed E-state index contributed by atoms with van der Waals surface area (Å²) < 4.78 is 29.1. The van der Waals surface area contributed by atoms with Crippen LogP contribution in [-0.4, -0.2) is 48.3 Å². The summed E-state index contributed by atoms with van der Waals surface area (Å²) in [5, 5.41) is 9.45. The van der Waals surface area contributed by atoms with Crippen LogP contribution in [0.15, 0.2) is 0 Å². The van der Waals surface area contributed by atoms with Crippen molar-refractivity contribution in [1.29, 1.82) is 0 Å². The van der Waals surface area contributed by atoms with E-state index in [-0.39, 0.29) is 6.61 Å². The quantitative estimate of drug-likeness (QED) is 0.795. The third-order valence-corrected chi connectivity index (χ3v) is 3.11. The molecular weight excluding hydrogens is 295 g/mol. The Morgan fingerprint density at radius 1 is 1.09 bits per heavy atom. The van der Waals surface area contributed by atoms with Crippen molar-refractivity contribution in [3.63, 3.8) is 0 Å². The number of aliphatic hydroxyl groups excluding tert-OH is 1. The van der Waals surface area contributed by atoms with E-state index in [2.05, 4.69) is 0 Å². The first kappa shape index (κ1) is 18.8. The fraction of sp³-hybridized carbons (Fsp3) is 0.867. The van der Waals surface area contributed by atoms with Crippen LogP contribution in [0.25, 0.3) is 0 Å². The highest BCUT2D eigenvalue weighted by molar-refractivity contribution is 5.76. The average Bonchev–Trinajstić information content (AvgIpc) is 2.61. The summed E-state index contributed by atoms with van der Waals surface area (Å²) >= 11 is 0. The zero-order valence-electron chi connectivity index (χ0n) is 13.9. The number of hydrogen-bond acceptors (Lipinski definition) is 6. The summed E-state index contributed by atoms with van der Waals surface area (Å²) in [5.41, 5.74) is -1.54. The van der Waals surface area contributed by atoms with Crippen LogP contribution in [0.5, 0.6) is 0 Å². The van der Waals surface area contributed by atoms with Crippen molar-refractivity contribution >= 4 is 11.9 Å². The average molecular weight is 320 g/mol. The number of esters is 2. The molecule has 0 aromatic heterocycles. The van der Waals surface area contributed by atoms with Crippen molar-refractivity contribution in [1.82, 2.24) is 0 Å². The lowest BCUT2D eigenvalue weighted by atomic mass is 9.97. The number of aliphatic hydroxyl groups is 1. The molecular formula is C15H25FO6. The molecule has 1 saturated heterocycles. The van der Waals surface area contributed by atoms with Crippen LogP contribution in [0, 0.1) is 10.8 Å². The zero-order valence-corrected chi connectivity index (χ0v) is 13.9. The number of hydrogen-bond donors (Lipinski definition) is 1. The van der Waals surface area contributed by atoms with Crippen molar-refractivity contribution < 1.29 is 33.3 Å². The number of carbonyl (C=O) groups excluding carboxylic acids is 2. The van der Waals surface area contributed by atoms with Gasteiger partial charge in [-0.2, -0.15) is 0 Å². The Morgan fingerprint density at radius 3 is 2.05 bits per heavy atom. The van der Waals surface area contributed by atoms with Crippen LogP contribution in [0.4, 0.5) is 4.39 Å². The minimum Gasteiger partial charge on any atom is -0.462 e. The van der Waals surface area contributed by atoms with Crippen LogP contribution in [0.3, 0.4) is 0 Å². The Morgan fingerprint density at radius 2 is 1.59 bits per heavy atom. The second kappa shape index (κ2) is 6.50. The summed E-state index contributed by atoms with van der Waals surface area (Å²) in [6.07, 6.45) is -5.95. The maximum absolute atomic E-state index is 13.9. The topological polar surface area (TPSA) is 82.1 Å². The van der Waals surface area contributed by atoms with Gasteiger partial charge in [-0.15, -0.1) is 0 Å². The molecule has 0 saturated carbocycles. The highest BCUT2D eigenvalue weighted by atomic mass is 19.1. The van der Waals surface area contributed by atoms with E-state index >= 15 is 0 Å². The standard InChI is InChI=1S/C15H25FO6/c1-14(2,3)12(18)20-7-8-10(9(16)11(17)21-8)22-13(19)15(4,5)6/h8-11,17H,7H2,1-6H3/t8-,9+,10-,11?/m1/s1. The molecule has 128 valence electrons. The summed E-state index contributed by atoms with van der Waals surface area (Å²) in [4.78, 5) is 23.6. The zero-order chi connectivity index (χ0) is 17.3. The molecule has 1 fully saturated rings. The molecule has 1 N–H and O–H groups in total. The lowest BCUT2D eigenvalue weighted by Crippen LogP contribution is -2.40. The van der Waals surface area contributed by atoms with Crippen molar-refractivity contribution in [2.75, 3.05) is 6.61 Å². The highest BCUT2D eigenvalue weighted by Gasteiger charge is 2.48. The Hall–Kier alpha value is -1.21. The summed E-state index contributed by atoms with van der Waals surface area (Å²) in [7, 11) is 0. The first-order chi connectivity index (χ1) is 9.84. The van der Waals surface area contributed by atoms with Crippen LogP contribution in [-0.2, 0) is 23.8 Å². The van der Waals surface area contributed by atoms with Gasteiger partial charge in [0.2, 0.25) is 0 Å². The Balaban J connectivity index is 2.71. The number of ether oxygens (including phenoxy) is 3. The molecule has 0 bridgehead atoms. The van der Waals surface area contributed by atoms with Gasteiger partial charge >= 0.3 is 11.9 Å². The molecule has 0 aromatic carbocycles. The van der Waals surface area contributed by atoms with E-state index in [0.29, 0.717) is 0 Å². The molecule has 6 nitrogen and oxygen atoms in total. The van der Waals surface area contributed by atoms with Crippen molar-refractivity contribution in [2.24, 2.45) is 10.8 Å². The summed E-state index contributed by atoms with van der Waals surface area (Å²) in [6, 6.07) is 0. The molecule has 1 unspecified atom stereocenters. The molecule has 0 aliphatic carbocycles. The second-order valence-electron chi connectivity index (χ2n) is 7.48. The summed E-state index contributed by atoms with van der Waals surface area (Å²) in [6.45, 7) is 9.62. The molecule has 1 aliphatic heterocycles. The first-order valence-electron chi connectivity index (χ1n) is 7.20. The van der Waals surface area contributed by atoms with Gasteiger partial charge in [0.25, 0.3) is 0 Å². The van der Waals surface area contributed by atoms with Crippen LogP contribution < -0.4 is 0 Å². The van der Waals surface area contributed by atoms with Gasteiger partial charge in [-0.25, -0.2) is 4.39 Å². The van der Waals surface area contributed by atoms with Crippen LogP contribution in [0.1, 0.15) is 41.5 Å². The molecule has 0 radical (unpaired) electrons. The SMILES string of the molecule is CC(C)(C)C(=O)OC[C@H]1OC(O)[C@@H](F)[C@@H]1OC(=O)C(C)(C)C. The van der Waals surface area contributed by atoms with E-state index in [1.807, 2.05) is 0 Å². The van der Waals surface area contributed by atoms with Gasteiger partial charge in [-0.05, 0) is 41.5 Å². The largest absolute Gasteiger partial charge is 0.462 e. The van der Waals surface area contributed by atoms with E-state index in [9.17, 15) is 19.1 Å². The maximum Gasteiger partial charge on any atom is 0.311 e. The van der Waals surface area contributed by atoms with Crippen molar-refractivity contribution in [2.45, 2.75) is 66.2 Å². The fourth-order valence-electron chi connectivity index (χ4n) is 1.65. The smallest absolute Gasteiger partial charge is 0.311 e. The minimum absolute atomic E-state index is 0.296. The summed E-state index contributed by atoms with van der Waals surface area (Å²) in [5.74, 6) is -1.11. The monoisotopic (exact) mass is 320 g/mol. The van der Waals surface area contributed by atoms with E-state index in [4.69, 9.17) is 14.2 Å². The molecule has 0 amide bonds. The fourth-order valence-corrected chi connectivity index (χ4v) is 1.65. The first-order valence-corrected chi connectivity index (χ1v) is 7.20.